The third-order valence-corrected chi connectivity index (χ3v) is 12.5. The van der Waals surface area contributed by atoms with Crippen LogP contribution >= 0.6 is 7.82 Å². The molecule has 72 heavy (non-hydrogen) atoms. The quantitative estimate of drug-likeness (QED) is 0.0197. The minimum atomic E-state index is -4.78. The second-order valence-corrected chi connectivity index (χ2v) is 19.8. The summed E-state index contributed by atoms with van der Waals surface area (Å²) >= 11 is 0. The van der Waals surface area contributed by atoms with Crippen molar-refractivity contribution in [3.63, 3.8) is 0 Å². The number of carbonyl (C=O) groups excluding carboxylic acids is 3. The van der Waals surface area contributed by atoms with Crippen LogP contribution in [0, 0.1) is 0 Å². The molecule has 12 heteroatoms. The van der Waals surface area contributed by atoms with E-state index < -0.39 is 57.8 Å². The van der Waals surface area contributed by atoms with Crippen molar-refractivity contribution in [2.24, 2.45) is 0 Å². The molecule has 0 radical (unpaired) electrons. The van der Waals surface area contributed by atoms with E-state index >= 15 is 0 Å². The number of phosphoric ester groups is 1. The van der Waals surface area contributed by atoms with Crippen molar-refractivity contribution in [2.75, 3.05) is 26.4 Å². The molecule has 0 rings (SSSR count). The Morgan fingerprint density at radius 3 is 1.19 bits per heavy atom. The molecule has 0 bridgehead atoms. The van der Waals surface area contributed by atoms with Crippen molar-refractivity contribution in [1.82, 2.24) is 0 Å². The van der Waals surface area contributed by atoms with E-state index in [1.165, 1.54) is 83.5 Å². The summed E-state index contributed by atoms with van der Waals surface area (Å²) in [5.41, 5.74) is 0. The van der Waals surface area contributed by atoms with E-state index in [1.54, 1.807) is 0 Å². The first-order valence-corrected chi connectivity index (χ1v) is 29.6. The minimum absolute atomic E-state index is 0.0493. The van der Waals surface area contributed by atoms with Crippen LogP contribution in [0.2, 0.25) is 0 Å². The maximum absolute atomic E-state index is 12.9. The summed E-state index contributed by atoms with van der Waals surface area (Å²) in [6.07, 6.45) is 62.5. The third kappa shape index (κ3) is 51.3. The zero-order chi connectivity index (χ0) is 52.7. The SMILES string of the molecule is CC/C=C\C/C=C\C/C=C\C/C=C\CCCCC(=O)OC(COC(=O)CCCCCCCCCCCCCCCCCCC)COP(=O)(O)OCC(CO)OC(=O)CC/C=C\C/C=C\C/C=C\C/C=C\CC. The fourth-order valence-electron chi connectivity index (χ4n) is 7.30. The molecule has 3 atom stereocenters. The first-order chi connectivity index (χ1) is 35.2. The van der Waals surface area contributed by atoms with E-state index in [0.717, 1.165) is 83.5 Å². The molecule has 0 aliphatic heterocycles. The van der Waals surface area contributed by atoms with Crippen molar-refractivity contribution < 1.29 is 52.2 Å². The highest BCUT2D eigenvalue weighted by molar-refractivity contribution is 7.47. The Labute approximate surface area is 438 Å². The Morgan fingerprint density at radius 1 is 0.403 bits per heavy atom. The Kier molecular flexibility index (Phi) is 51.0. The highest BCUT2D eigenvalue weighted by atomic mass is 31.2. The summed E-state index contributed by atoms with van der Waals surface area (Å²) in [7, 11) is -4.78. The Morgan fingerprint density at radius 2 is 0.750 bits per heavy atom. The van der Waals surface area contributed by atoms with E-state index in [4.69, 9.17) is 23.3 Å². The summed E-state index contributed by atoms with van der Waals surface area (Å²) in [6, 6.07) is 0. The zero-order valence-corrected chi connectivity index (χ0v) is 46.3. The van der Waals surface area contributed by atoms with Crippen LogP contribution in [0.1, 0.15) is 226 Å². The number of unbranched alkanes of at least 4 members (excludes halogenated alkanes) is 18. The van der Waals surface area contributed by atoms with Gasteiger partial charge in [-0.2, -0.15) is 0 Å². The molecule has 0 aliphatic carbocycles. The standard InChI is InChI=1S/C60H101O11P/c1-4-7-10-13-16-19-22-25-27-28-30-32-34-37-40-43-46-49-58(62)67-53-57(71-60(64)51-48-45-42-39-36-33-29-26-23-20-17-14-11-8-5-2)55-69-72(65,66)68-54-56(52-61)70-59(63)50-47-44-41-38-35-31-24-21-18-15-12-9-6-3/h8-9,11-12,17-18,20-21,26,29,31,35-36,39,41,44,56-57,61H,4-7,10,13-16,19,22-25,27-28,30,32-34,37-38,40,42-43,45-55H2,1-3H3,(H,65,66)/b11-8-,12-9-,20-17-,21-18-,29-26-,35-31-,39-36-,44-41-. The van der Waals surface area contributed by atoms with E-state index in [2.05, 4.69) is 99.8 Å². The number of hydrogen-bond donors (Lipinski definition) is 2. The van der Waals surface area contributed by atoms with E-state index in [0.29, 0.717) is 19.3 Å². The van der Waals surface area contributed by atoms with Gasteiger partial charge in [0, 0.05) is 19.3 Å². The molecular formula is C60H101O11P. The Hall–Kier alpha value is -3.60. The molecule has 2 N–H and O–H groups in total. The number of esters is 3. The number of aliphatic hydroxyl groups is 1. The molecule has 0 fully saturated rings. The van der Waals surface area contributed by atoms with Crippen molar-refractivity contribution in [1.29, 1.82) is 0 Å². The molecule has 3 unspecified atom stereocenters. The number of allylic oxidation sites excluding steroid dienone is 16. The van der Waals surface area contributed by atoms with Gasteiger partial charge in [-0.1, -0.05) is 221 Å². The van der Waals surface area contributed by atoms with Crippen LogP contribution in [0.4, 0.5) is 0 Å². The molecule has 0 saturated heterocycles. The fraction of sp³-hybridized carbons (Fsp3) is 0.683. The van der Waals surface area contributed by atoms with Gasteiger partial charge >= 0.3 is 25.7 Å². The lowest BCUT2D eigenvalue weighted by Crippen LogP contribution is -2.30. The van der Waals surface area contributed by atoms with Gasteiger partial charge in [-0.05, 0) is 83.5 Å². The minimum Gasteiger partial charge on any atom is -0.462 e. The monoisotopic (exact) mass is 1030 g/mol. The third-order valence-electron chi connectivity index (χ3n) is 11.5. The average Bonchev–Trinajstić information content (AvgIpc) is 3.37. The number of phosphoric acid groups is 1. The molecule has 412 valence electrons. The lowest BCUT2D eigenvalue weighted by molar-refractivity contribution is -0.161. The maximum atomic E-state index is 12.9. The van der Waals surface area contributed by atoms with Crippen LogP contribution < -0.4 is 0 Å². The summed E-state index contributed by atoms with van der Waals surface area (Å²) in [5.74, 6) is -1.60. The molecule has 0 heterocycles. The van der Waals surface area contributed by atoms with Gasteiger partial charge in [0.2, 0.25) is 0 Å². The first kappa shape index (κ1) is 68.4. The molecule has 11 nitrogen and oxygen atoms in total. The van der Waals surface area contributed by atoms with Crippen molar-refractivity contribution in [3.8, 4) is 0 Å². The number of ether oxygens (including phenoxy) is 3. The molecule has 0 spiro atoms. The molecule has 0 aliphatic rings. The Bertz CT molecular complexity index is 1580. The average molecular weight is 1030 g/mol. The van der Waals surface area contributed by atoms with Gasteiger partial charge < -0.3 is 24.2 Å². The van der Waals surface area contributed by atoms with Gasteiger partial charge in [0.05, 0.1) is 19.8 Å². The topological polar surface area (TPSA) is 155 Å². The number of rotatable bonds is 51. The van der Waals surface area contributed by atoms with Gasteiger partial charge in [0.25, 0.3) is 0 Å². The summed E-state index contributed by atoms with van der Waals surface area (Å²) in [6.45, 7) is 4.28. The van der Waals surface area contributed by atoms with Crippen LogP contribution in [-0.4, -0.2) is 66.5 Å². The van der Waals surface area contributed by atoms with Gasteiger partial charge in [0.1, 0.15) is 12.7 Å². The molecule has 0 aromatic heterocycles. The summed E-state index contributed by atoms with van der Waals surface area (Å²) in [5, 5.41) is 9.78. The lowest BCUT2D eigenvalue weighted by atomic mass is 10.0. The summed E-state index contributed by atoms with van der Waals surface area (Å²) < 4.78 is 39.3. The number of aliphatic hydroxyl groups excluding tert-OH is 1. The molecule has 0 saturated carbocycles. The molecular weight excluding hydrogens is 928 g/mol. The van der Waals surface area contributed by atoms with Crippen LogP contribution in [0.3, 0.4) is 0 Å². The van der Waals surface area contributed by atoms with Gasteiger partial charge in [-0.25, -0.2) is 4.57 Å². The van der Waals surface area contributed by atoms with E-state index in [9.17, 15) is 28.9 Å². The van der Waals surface area contributed by atoms with Crippen molar-refractivity contribution in [2.45, 2.75) is 238 Å². The predicted molar refractivity (Wildman–Crippen MR) is 297 cm³/mol. The zero-order valence-electron chi connectivity index (χ0n) is 45.4. The summed E-state index contributed by atoms with van der Waals surface area (Å²) in [4.78, 5) is 48.4. The second kappa shape index (κ2) is 53.7. The largest absolute Gasteiger partial charge is 0.472 e. The second-order valence-electron chi connectivity index (χ2n) is 18.3. The Balaban J connectivity index is 4.83. The molecule has 0 amide bonds. The van der Waals surface area contributed by atoms with E-state index in [1.807, 2.05) is 18.2 Å². The van der Waals surface area contributed by atoms with Crippen LogP contribution in [0.15, 0.2) is 97.2 Å². The van der Waals surface area contributed by atoms with E-state index in [-0.39, 0.29) is 25.9 Å². The molecule has 0 aromatic carbocycles. The maximum Gasteiger partial charge on any atom is 0.472 e. The predicted octanol–water partition coefficient (Wildman–Crippen LogP) is 16.5. The van der Waals surface area contributed by atoms with Crippen LogP contribution in [0.5, 0.6) is 0 Å². The van der Waals surface area contributed by atoms with Crippen molar-refractivity contribution in [3.05, 3.63) is 97.2 Å². The highest BCUT2D eigenvalue weighted by Crippen LogP contribution is 2.43. The number of carbonyl (C=O) groups is 3. The van der Waals surface area contributed by atoms with Gasteiger partial charge in [0.15, 0.2) is 6.10 Å². The van der Waals surface area contributed by atoms with Gasteiger partial charge in [-0.15, -0.1) is 0 Å². The van der Waals surface area contributed by atoms with Crippen molar-refractivity contribution >= 4 is 25.7 Å². The lowest BCUT2D eigenvalue weighted by Gasteiger charge is -2.21. The smallest absolute Gasteiger partial charge is 0.462 e. The number of hydrogen-bond acceptors (Lipinski definition) is 10. The normalized spacial score (nSPS) is 14.1. The first-order valence-electron chi connectivity index (χ1n) is 28.1. The van der Waals surface area contributed by atoms with Crippen LogP contribution in [0.25, 0.3) is 0 Å². The highest BCUT2D eigenvalue weighted by Gasteiger charge is 2.28. The molecule has 0 aromatic rings. The van der Waals surface area contributed by atoms with Crippen LogP contribution in [-0.2, 0) is 42.2 Å². The fourth-order valence-corrected chi connectivity index (χ4v) is 8.09. The van der Waals surface area contributed by atoms with Gasteiger partial charge in [-0.3, -0.25) is 23.4 Å².